The van der Waals surface area contributed by atoms with Crippen LogP contribution in [0.2, 0.25) is 0 Å². The van der Waals surface area contributed by atoms with Gasteiger partial charge in [-0.3, -0.25) is 9.88 Å². The number of ether oxygens (including phenoxy) is 2. The molecule has 1 atom stereocenters. The first-order valence-corrected chi connectivity index (χ1v) is 15.0. The molecule has 0 N–H and O–H groups in total. The second-order valence-corrected chi connectivity index (χ2v) is 11.7. The molecule has 3 aliphatic heterocycles. The number of aryl methyl sites for hydroxylation is 1. The second kappa shape index (κ2) is 10.7. The first-order valence-electron chi connectivity index (χ1n) is 15.0. The molecule has 0 saturated carbocycles. The lowest BCUT2D eigenvalue weighted by Gasteiger charge is -2.31. The molecule has 4 aromatic rings. The molecule has 0 radical (unpaired) electrons. The minimum atomic E-state index is -0.407. The van der Waals surface area contributed by atoms with Gasteiger partial charge in [0.2, 0.25) is 0 Å². The Hall–Kier alpha value is -3.16. The van der Waals surface area contributed by atoms with E-state index in [0.717, 1.165) is 80.3 Å². The van der Waals surface area contributed by atoms with Crippen molar-refractivity contribution in [2.24, 2.45) is 0 Å². The van der Waals surface area contributed by atoms with Gasteiger partial charge in [0, 0.05) is 36.3 Å². The summed E-state index contributed by atoms with van der Waals surface area (Å²) in [5, 5.41) is 2.81. The van der Waals surface area contributed by atoms with Crippen LogP contribution in [0.3, 0.4) is 0 Å². The van der Waals surface area contributed by atoms with Gasteiger partial charge in [-0.2, -0.15) is 9.97 Å². The van der Waals surface area contributed by atoms with Gasteiger partial charge in [-0.25, -0.2) is 4.39 Å². The first kappa shape index (κ1) is 25.8. The normalized spacial score (nSPS) is 21.1. The number of aromatic nitrogens is 3. The van der Waals surface area contributed by atoms with Gasteiger partial charge >= 0.3 is 6.01 Å². The highest BCUT2D eigenvalue weighted by atomic mass is 19.1. The van der Waals surface area contributed by atoms with Crippen molar-refractivity contribution in [1.82, 2.24) is 19.9 Å². The number of halogens is 1. The van der Waals surface area contributed by atoms with Crippen LogP contribution in [-0.2, 0) is 11.2 Å². The fourth-order valence-corrected chi connectivity index (χ4v) is 7.37. The van der Waals surface area contributed by atoms with Gasteiger partial charge < -0.3 is 9.47 Å². The SMILES string of the molecule is CCc1cccc2cccc(-c3ncc4c([C@@H]5CCCOCC5)nc(OCC56CCCN5CCC6)nc4c3F)c12. The molecule has 0 spiro atoms. The molecular weight excluding hydrogens is 503 g/mol. The molecule has 3 fully saturated rings. The molecule has 0 bridgehead atoms. The minimum absolute atomic E-state index is 0.0656. The summed E-state index contributed by atoms with van der Waals surface area (Å²) in [5.41, 5.74) is 3.51. The fraction of sp³-hybridized carbons (Fsp3) is 0.485. The zero-order valence-corrected chi connectivity index (χ0v) is 23.3. The van der Waals surface area contributed by atoms with Crippen molar-refractivity contribution in [3.05, 3.63) is 59.7 Å². The number of benzene rings is 2. The van der Waals surface area contributed by atoms with E-state index in [-0.39, 0.29) is 17.5 Å². The zero-order chi connectivity index (χ0) is 27.1. The predicted molar refractivity (Wildman–Crippen MR) is 155 cm³/mol. The standard InChI is InChI=1S/C33H37FN4O2/c1-2-22-8-3-9-23-10-4-12-25(27(22)23)30-28(34)31-26(20-35-30)29(24-11-5-18-39-19-13-24)36-32(37-31)40-21-33-14-6-16-38(33)17-7-15-33/h3-4,8-10,12,20,24H,2,5-7,11,13-19,21H2,1H3/t24-/m1/s1. The Morgan fingerprint density at radius 3 is 2.67 bits per heavy atom. The van der Waals surface area contributed by atoms with Crippen molar-refractivity contribution in [3.8, 4) is 17.3 Å². The van der Waals surface area contributed by atoms with Crippen molar-refractivity contribution in [2.45, 2.75) is 69.7 Å². The minimum Gasteiger partial charge on any atom is -0.461 e. The average Bonchev–Trinajstić information content (AvgIpc) is 3.45. The Balaban J connectivity index is 1.36. The van der Waals surface area contributed by atoms with Gasteiger partial charge in [0.05, 0.1) is 11.2 Å². The number of pyridine rings is 1. The maximum Gasteiger partial charge on any atom is 0.317 e. The van der Waals surface area contributed by atoms with Crippen LogP contribution in [0.4, 0.5) is 4.39 Å². The molecule has 2 aromatic heterocycles. The van der Waals surface area contributed by atoms with Crippen molar-refractivity contribution in [2.75, 3.05) is 32.9 Å². The van der Waals surface area contributed by atoms with Gasteiger partial charge in [0.25, 0.3) is 0 Å². The Morgan fingerprint density at radius 1 is 1.02 bits per heavy atom. The van der Waals surface area contributed by atoms with Gasteiger partial charge in [0.1, 0.15) is 17.8 Å². The van der Waals surface area contributed by atoms with E-state index in [9.17, 15) is 0 Å². The van der Waals surface area contributed by atoms with E-state index in [4.69, 9.17) is 24.4 Å². The highest BCUT2D eigenvalue weighted by molar-refractivity contribution is 5.99. The Kier molecular flexibility index (Phi) is 6.88. The van der Waals surface area contributed by atoms with Crippen LogP contribution < -0.4 is 4.74 Å². The fourth-order valence-electron chi connectivity index (χ4n) is 7.37. The molecule has 3 aliphatic rings. The Bertz CT molecular complexity index is 1530. The average molecular weight is 541 g/mol. The largest absolute Gasteiger partial charge is 0.461 e. The lowest BCUT2D eigenvalue weighted by atomic mass is 9.93. The molecule has 0 unspecified atom stereocenters. The van der Waals surface area contributed by atoms with Gasteiger partial charge in [-0.05, 0) is 80.8 Å². The van der Waals surface area contributed by atoms with Gasteiger partial charge in [0.15, 0.2) is 5.82 Å². The Labute approximate surface area is 234 Å². The third-order valence-corrected chi connectivity index (χ3v) is 9.44. The number of hydrogen-bond acceptors (Lipinski definition) is 6. The van der Waals surface area contributed by atoms with Crippen molar-refractivity contribution in [1.29, 1.82) is 0 Å². The molecule has 7 rings (SSSR count). The maximum absolute atomic E-state index is 16.6. The molecule has 3 saturated heterocycles. The van der Waals surface area contributed by atoms with E-state index in [1.807, 2.05) is 12.1 Å². The van der Waals surface area contributed by atoms with Crippen LogP contribution in [0.25, 0.3) is 32.9 Å². The highest BCUT2D eigenvalue weighted by Crippen LogP contribution is 2.40. The van der Waals surface area contributed by atoms with Crippen molar-refractivity contribution < 1.29 is 13.9 Å². The summed E-state index contributed by atoms with van der Waals surface area (Å²) >= 11 is 0. The molecule has 2 aromatic carbocycles. The summed E-state index contributed by atoms with van der Waals surface area (Å²) in [6.45, 7) is 6.36. The van der Waals surface area contributed by atoms with Crippen molar-refractivity contribution >= 4 is 21.7 Å². The summed E-state index contributed by atoms with van der Waals surface area (Å²) in [5.74, 6) is -0.255. The van der Waals surface area contributed by atoms with E-state index in [2.05, 4.69) is 36.1 Å². The van der Waals surface area contributed by atoms with E-state index in [0.29, 0.717) is 29.8 Å². The zero-order valence-electron chi connectivity index (χ0n) is 23.3. The molecular formula is C33H37FN4O2. The second-order valence-electron chi connectivity index (χ2n) is 11.7. The summed E-state index contributed by atoms with van der Waals surface area (Å²) in [4.78, 5) is 17.0. The van der Waals surface area contributed by atoms with E-state index < -0.39 is 5.82 Å². The van der Waals surface area contributed by atoms with Crippen LogP contribution in [-0.4, -0.2) is 58.3 Å². The Morgan fingerprint density at radius 2 is 1.85 bits per heavy atom. The summed E-state index contributed by atoms with van der Waals surface area (Å²) in [6, 6.07) is 12.5. The van der Waals surface area contributed by atoms with Crippen LogP contribution in [0, 0.1) is 5.82 Å². The molecule has 0 aliphatic carbocycles. The van der Waals surface area contributed by atoms with E-state index >= 15 is 4.39 Å². The first-order chi connectivity index (χ1) is 19.7. The molecule has 40 heavy (non-hydrogen) atoms. The topological polar surface area (TPSA) is 60.4 Å². The predicted octanol–water partition coefficient (Wildman–Crippen LogP) is 6.84. The van der Waals surface area contributed by atoms with Crippen LogP contribution in [0.5, 0.6) is 6.01 Å². The number of rotatable bonds is 6. The monoisotopic (exact) mass is 540 g/mol. The molecule has 0 amide bonds. The molecule has 208 valence electrons. The number of hydrogen-bond donors (Lipinski definition) is 0. The quantitative estimate of drug-likeness (QED) is 0.267. The lowest BCUT2D eigenvalue weighted by molar-refractivity contribution is 0.107. The molecule has 5 heterocycles. The summed E-state index contributed by atoms with van der Waals surface area (Å²) < 4.78 is 28.8. The summed E-state index contributed by atoms with van der Waals surface area (Å²) in [7, 11) is 0. The highest BCUT2D eigenvalue weighted by Gasteiger charge is 2.45. The van der Waals surface area contributed by atoms with Crippen LogP contribution >= 0.6 is 0 Å². The summed E-state index contributed by atoms with van der Waals surface area (Å²) in [6.07, 6.45) is 10.0. The van der Waals surface area contributed by atoms with Crippen LogP contribution in [0.15, 0.2) is 42.6 Å². The smallest absolute Gasteiger partial charge is 0.317 e. The molecule has 7 heteroatoms. The number of fused-ring (bicyclic) bond motifs is 3. The van der Waals surface area contributed by atoms with Gasteiger partial charge in [-0.15, -0.1) is 0 Å². The van der Waals surface area contributed by atoms with Crippen molar-refractivity contribution in [3.63, 3.8) is 0 Å². The van der Waals surface area contributed by atoms with Crippen LogP contribution in [0.1, 0.15) is 69.0 Å². The van der Waals surface area contributed by atoms with E-state index in [1.165, 1.54) is 18.4 Å². The number of nitrogens with zero attached hydrogens (tertiary/aromatic N) is 4. The van der Waals surface area contributed by atoms with Gasteiger partial charge in [-0.1, -0.05) is 43.3 Å². The third-order valence-electron chi connectivity index (χ3n) is 9.44. The third kappa shape index (κ3) is 4.44. The maximum atomic E-state index is 16.6. The lowest BCUT2D eigenvalue weighted by Crippen LogP contribution is -2.43. The van der Waals surface area contributed by atoms with E-state index in [1.54, 1.807) is 6.20 Å². The molecule has 6 nitrogen and oxygen atoms in total.